The maximum absolute atomic E-state index is 6.37. The average Bonchev–Trinajstić information content (AvgIpc) is 2.50. The third kappa shape index (κ3) is 3.19. The Morgan fingerprint density at radius 2 is 1.90 bits per heavy atom. The van der Waals surface area contributed by atoms with Gasteiger partial charge in [-0.2, -0.15) is 0 Å². The van der Waals surface area contributed by atoms with Crippen molar-refractivity contribution in [2.75, 3.05) is 32.8 Å². The molecule has 1 N–H and O–H groups in total. The van der Waals surface area contributed by atoms with E-state index in [0.29, 0.717) is 18.0 Å². The molecule has 2 rings (SSSR count). The van der Waals surface area contributed by atoms with E-state index in [1.807, 2.05) is 0 Å². The van der Waals surface area contributed by atoms with E-state index < -0.39 is 0 Å². The van der Waals surface area contributed by atoms with Gasteiger partial charge in [0.25, 0.3) is 0 Å². The summed E-state index contributed by atoms with van der Waals surface area (Å²) in [5.74, 6) is 0.498. The number of nitrogens with one attached hydrogen (secondary N) is 1. The first kappa shape index (κ1) is 16.2. The summed E-state index contributed by atoms with van der Waals surface area (Å²) in [6.45, 7) is 18.1. The van der Waals surface area contributed by atoms with E-state index in [2.05, 4.69) is 51.8 Å². The van der Waals surface area contributed by atoms with Gasteiger partial charge in [0.1, 0.15) is 0 Å². The minimum atomic E-state index is -0.111. The third-order valence-electron chi connectivity index (χ3n) is 4.93. The van der Waals surface area contributed by atoms with Crippen molar-refractivity contribution in [1.29, 1.82) is 0 Å². The van der Waals surface area contributed by atoms with Gasteiger partial charge in [-0.05, 0) is 41.2 Å². The highest BCUT2D eigenvalue weighted by Gasteiger charge is 2.53. The van der Waals surface area contributed by atoms with Gasteiger partial charge in [-0.3, -0.25) is 4.90 Å². The van der Waals surface area contributed by atoms with Gasteiger partial charge in [0, 0.05) is 31.1 Å². The van der Waals surface area contributed by atoms with Gasteiger partial charge in [0.15, 0.2) is 0 Å². The van der Waals surface area contributed by atoms with Gasteiger partial charge < -0.3 is 14.8 Å². The second-order valence-corrected chi connectivity index (χ2v) is 7.37. The molecule has 0 aromatic heterocycles. The van der Waals surface area contributed by atoms with E-state index in [9.17, 15) is 0 Å². The van der Waals surface area contributed by atoms with Crippen LogP contribution in [0.1, 0.15) is 41.5 Å². The fraction of sp³-hybridized carbons (Fsp3) is 1.00. The lowest BCUT2D eigenvalue weighted by molar-refractivity contribution is -0.0835. The zero-order chi connectivity index (χ0) is 15.0. The van der Waals surface area contributed by atoms with E-state index in [-0.39, 0.29) is 11.2 Å². The first-order valence-electron chi connectivity index (χ1n) is 8.03. The van der Waals surface area contributed by atoms with Crippen LogP contribution >= 0.6 is 0 Å². The molecule has 2 aliphatic heterocycles. The second-order valence-electron chi connectivity index (χ2n) is 7.37. The highest BCUT2D eigenvalue weighted by atomic mass is 16.5. The molecule has 0 bridgehead atoms. The van der Waals surface area contributed by atoms with Crippen molar-refractivity contribution in [1.82, 2.24) is 10.2 Å². The molecule has 2 saturated heterocycles. The van der Waals surface area contributed by atoms with Gasteiger partial charge in [-0.1, -0.05) is 6.92 Å². The summed E-state index contributed by atoms with van der Waals surface area (Å²) < 4.78 is 11.9. The maximum Gasteiger partial charge on any atom is 0.0790 e. The molecule has 4 heteroatoms. The molecule has 2 heterocycles. The molecule has 3 unspecified atom stereocenters. The van der Waals surface area contributed by atoms with Gasteiger partial charge >= 0.3 is 0 Å². The molecule has 118 valence electrons. The zero-order valence-electron chi connectivity index (χ0n) is 14.0. The molecule has 0 radical (unpaired) electrons. The molecule has 0 saturated carbocycles. The molecule has 0 aromatic carbocycles. The lowest BCUT2D eigenvalue weighted by Gasteiger charge is -2.39. The Morgan fingerprint density at radius 3 is 2.50 bits per heavy atom. The number of hydrogen-bond donors (Lipinski definition) is 1. The SMILES string of the molecule is CCNC1C(CN2CCOCC2C)C(C)(C)OC1(C)C. The summed E-state index contributed by atoms with van der Waals surface area (Å²) in [4.78, 5) is 2.56. The van der Waals surface area contributed by atoms with E-state index in [1.54, 1.807) is 0 Å². The lowest BCUT2D eigenvalue weighted by Crippen LogP contribution is -2.54. The van der Waals surface area contributed by atoms with E-state index in [0.717, 1.165) is 32.8 Å². The quantitative estimate of drug-likeness (QED) is 0.855. The Hall–Kier alpha value is -0.160. The Balaban J connectivity index is 2.13. The standard InChI is InChI=1S/C16H32N2O2/c1-7-17-14-13(15(3,4)20-16(14,5)6)10-18-8-9-19-11-12(18)2/h12-14,17H,7-11H2,1-6H3. The van der Waals surface area contributed by atoms with Crippen molar-refractivity contribution in [3.63, 3.8) is 0 Å². The number of likely N-dealkylation sites (N-methyl/N-ethyl adjacent to an activating group) is 1. The van der Waals surface area contributed by atoms with Crippen LogP contribution < -0.4 is 5.32 Å². The monoisotopic (exact) mass is 284 g/mol. The Bertz CT molecular complexity index is 330. The summed E-state index contributed by atoms with van der Waals surface area (Å²) in [6.07, 6.45) is 0. The average molecular weight is 284 g/mol. The van der Waals surface area contributed by atoms with E-state index in [1.165, 1.54) is 0 Å². The molecule has 20 heavy (non-hydrogen) atoms. The number of rotatable bonds is 4. The predicted molar refractivity (Wildman–Crippen MR) is 82.1 cm³/mol. The lowest BCUT2D eigenvalue weighted by atomic mass is 9.81. The maximum atomic E-state index is 6.37. The summed E-state index contributed by atoms with van der Waals surface area (Å²) in [5.41, 5.74) is -0.200. The largest absolute Gasteiger partial charge is 0.379 e. The summed E-state index contributed by atoms with van der Waals surface area (Å²) in [6, 6.07) is 0.906. The van der Waals surface area contributed by atoms with Crippen LogP contribution in [0.5, 0.6) is 0 Å². The van der Waals surface area contributed by atoms with Crippen LogP contribution in [0, 0.1) is 5.92 Å². The summed E-state index contributed by atoms with van der Waals surface area (Å²) >= 11 is 0. The van der Waals surface area contributed by atoms with Crippen LogP contribution in [-0.4, -0.2) is 61.0 Å². The fourth-order valence-corrected chi connectivity index (χ4v) is 3.92. The second kappa shape index (κ2) is 5.91. The van der Waals surface area contributed by atoms with Crippen LogP contribution in [-0.2, 0) is 9.47 Å². The topological polar surface area (TPSA) is 33.7 Å². The molecule has 3 atom stereocenters. The Kier molecular flexibility index (Phi) is 4.80. The minimum Gasteiger partial charge on any atom is -0.379 e. The van der Waals surface area contributed by atoms with E-state index >= 15 is 0 Å². The number of ether oxygens (including phenoxy) is 2. The summed E-state index contributed by atoms with van der Waals surface area (Å²) in [5, 5.41) is 3.66. The van der Waals surface area contributed by atoms with Gasteiger partial charge in [0.05, 0.1) is 24.4 Å². The van der Waals surface area contributed by atoms with Crippen molar-refractivity contribution in [3.05, 3.63) is 0 Å². The van der Waals surface area contributed by atoms with Crippen LogP contribution in [0.2, 0.25) is 0 Å². The molecular formula is C16H32N2O2. The van der Waals surface area contributed by atoms with Crippen LogP contribution in [0.25, 0.3) is 0 Å². The first-order valence-corrected chi connectivity index (χ1v) is 8.03. The van der Waals surface area contributed by atoms with Gasteiger partial charge in [0.2, 0.25) is 0 Å². The van der Waals surface area contributed by atoms with Crippen molar-refractivity contribution >= 4 is 0 Å². The highest BCUT2D eigenvalue weighted by molar-refractivity contribution is 5.06. The Morgan fingerprint density at radius 1 is 1.20 bits per heavy atom. The molecule has 2 aliphatic rings. The van der Waals surface area contributed by atoms with Gasteiger partial charge in [-0.15, -0.1) is 0 Å². The number of nitrogens with zero attached hydrogens (tertiary/aromatic N) is 1. The van der Waals surface area contributed by atoms with Crippen molar-refractivity contribution in [3.8, 4) is 0 Å². The number of morpholine rings is 1. The molecule has 4 nitrogen and oxygen atoms in total. The van der Waals surface area contributed by atoms with Crippen LogP contribution in [0.4, 0.5) is 0 Å². The fourth-order valence-electron chi connectivity index (χ4n) is 3.92. The van der Waals surface area contributed by atoms with Crippen LogP contribution in [0.3, 0.4) is 0 Å². The van der Waals surface area contributed by atoms with Crippen molar-refractivity contribution < 1.29 is 9.47 Å². The zero-order valence-corrected chi connectivity index (χ0v) is 14.0. The molecule has 0 amide bonds. The minimum absolute atomic E-state index is 0.0889. The third-order valence-corrected chi connectivity index (χ3v) is 4.93. The van der Waals surface area contributed by atoms with Crippen molar-refractivity contribution in [2.45, 2.75) is 64.8 Å². The number of hydrogen-bond acceptors (Lipinski definition) is 4. The molecule has 0 aromatic rings. The van der Waals surface area contributed by atoms with Gasteiger partial charge in [-0.25, -0.2) is 0 Å². The van der Waals surface area contributed by atoms with Crippen LogP contribution in [0.15, 0.2) is 0 Å². The smallest absolute Gasteiger partial charge is 0.0790 e. The molecule has 2 fully saturated rings. The predicted octanol–water partition coefficient (Wildman–Crippen LogP) is 1.89. The molecule has 0 spiro atoms. The summed E-state index contributed by atoms with van der Waals surface area (Å²) in [7, 11) is 0. The van der Waals surface area contributed by atoms with E-state index in [4.69, 9.17) is 9.47 Å². The Labute approximate surface area is 124 Å². The molecular weight excluding hydrogens is 252 g/mol. The van der Waals surface area contributed by atoms with Crippen molar-refractivity contribution in [2.24, 2.45) is 5.92 Å². The molecule has 0 aliphatic carbocycles. The first-order chi connectivity index (χ1) is 9.28. The normalized spacial score (nSPS) is 37.2. The highest BCUT2D eigenvalue weighted by Crippen LogP contribution is 2.42.